The number of nitrogens with zero attached hydrogens (tertiary/aromatic N) is 2. The average Bonchev–Trinajstić information content (AvgIpc) is 2.24. The van der Waals surface area contributed by atoms with Gasteiger partial charge in [0.2, 0.25) is 11.1 Å². The summed E-state index contributed by atoms with van der Waals surface area (Å²) in [5.41, 5.74) is -0.606. The second kappa shape index (κ2) is 6.20. The van der Waals surface area contributed by atoms with Gasteiger partial charge in [-0.25, -0.2) is 0 Å². The maximum Gasteiger partial charge on any atom is 0.429 e. The molecular formula is C7H6BrClN2O7S2. The van der Waals surface area contributed by atoms with Gasteiger partial charge in [0.1, 0.15) is 4.90 Å². The molecule has 0 saturated heterocycles. The molecule has 1 rings (SSSR count). The van der Waals surface area contributed by atoms with Gasteiger partial charge in [0.05, 0.1) is 17.6 Å². The Balaban J connectivity index is 0.00000361. The van der Waals surface area contributed by atoms with Gasteiger partial charge in [-0.05, 0) is 15.9 Å². The molecule has 0 atom stereocenters. The van der Waals surface area contributed by atoms with Crippen LogP contribution in [0.25, 0.3) is 4.98 Å². The van der Waals surface area contributed by atoms with Crippen LogP contribution in [0.5, 0.6) is 5.75 Å². The van der Waals surface area contributed by atoms with Gasteiger partial charge in [0.25, 0.3) is 20.2 Å². The monoisotopic (exact) mass is 408 g/mol. The second-order valence-corrected chi connectivity index (χ2v) is 6.66. The van der Waals surface area contributed by atoms with Crippen molar-refractivity contribution in [2.75, 3.05) is 7.11 Å². The molecule has 0 aromatic heterocycles. The number of hydrogen-bond acceptors (Lipinski definition) is 6. The molecule has 9 nitrogen and oxygen atoms in total. The molecule has 0 bridgehead atoms. The van der Waals surface area contributed by atoms with Crippen LogP contribution in [0.1, 0.15) is 0 Å². The van der Waals surface area contributed by atoms with E-state index in [-0.39, 0.29) is 12.4 Å². The number of benzene rings is 1. The van der Waals surface area contributed by atoms with Crippen molar-refractivity contribution >= 4 is 41.9 Å². The van der Waals surface area contributed by atoms with Gasteiger partial charge in [-0.2, -0.15) is 16.8 Å². The Kier molecular flexibility index (Phi) is 5.90. The maximum absolute atomic E-state index is 11.2. The van der Waals surface area contributed by atoms with Crippen molar-refractivity contribution in [2.24, 2.45) is 0 Å². The first-order valence-corrected chi connectivity index (χ1v) is 7.92. The Hall–Kier alpha value is -0.970. The maximum atomic E-state index is 11.2. The van der Waals surface area contributed by atoms with Crippen molar-refractivity contribution in [1.29, 1.82) is 5.39 Å². The van der Waals surface area contributed by atoms with E-state index in [1.54, 1.807) is 0 Å². The summed E-state index contributed by atoms with van der Waals surface area (Å²) < 4.78 is 66.6. The first-order chi connectivity index (χ1) is 8.54. The zero-order valence-corrected chi connectivity index (χ0v) is 13.5. The highest BCUT2D eigenvalue weighted by Gasteiger charge is 2.35. The third-order valence-electron chi connectivity index (χ3n) is 1.97. The molecule has 20 heavy (non-hydrogen) atoms. The van der Waals surface area contributed by atoms with Crippen LogP contribution in [0.2, 0.25) is 0 Å². The van der Waals surface area contributed by atoms with Crippen molar-refractivity contribution in [2.45, 2.75) is 9.79 Å². The molecule has 2 N–H and O–H groups in total. The number of halogens is 2. The molecule has 0 spiro atoms. The molecule has 1 aromatic carbocycles. The Labute approximate surface area is 128 Å². The van der Waals surface area contributed by atoms with Crippen molar-refractivity contribution in [3.63, 3.8) is 0 Å². The van der Waals surface area contributed by atoms with Crippen molar-refractivity contribution in [1.82, 2.24) is 0 Å². The zero-order chi connectivity index (χ0) is 15.0. The second-order valence-electron chi connectivity index (χ2n) is 3.12. The summed E-state index contributed by atoms with van der Waals surface area (Å²) in [5.74, 6) is -0.593. The van der Waals surface area contributed by atoms with E-state index >= 15 is 0 Å². The van der Waals surface area contributed by atoms with E-state index in [1.807, 2.05) is 0 Å². The zero-order valence-electron chi connectivity index (χ0n) is 9.48. The van der Waals surface area contributed by atoms with Crippen LogP contribution in [0, 0.1) is 5.39 Å². The molecule has 0 aliphatic rings. The highest BCUT2D eigenvalue weighted by molar-refractivity contribution is 9.10. The van der Waals surface area contributed by atoms with Crippen LogP contribution in [0.4, 0.5) is 5.69 Å². The Bertz CT molecular complexity index is 784. The van der Waals surface area contributed by atoms with Crippen LogP contribution in [0.3, 0.4) is 0 Å². The minimum atomic E-state index is -4.91. The fourth-order valence-corrected chi connectivity index (χ4v) is 4.20. The van der Waals surface area contributed by atoms with E-state index in [2.05, 4.69) is 25.6 Å². The summed E-state index contributed by atoms with van der Waals surface area (Å²) >= 11 is 2.63. The smallest absolute Gasteiger partial charge is 0.429 e. The van der Waals surface area contributed by atoms with E-state index in [1.165, 1.54) is 0 Å². The largest absolute Gasteiger partial charge is 1.00 e. The number of hydrogen-bond donors (Lipinski definition) is 2. The lowest BCUT2D eigenvalue weighted by Gasteiger charge is -2.08. The number of rotatable bonds is 3. The highest BCUT2D eigenvalue weighted by atomic mass is 79.9. The summed E-state index contributed by atoms with van der Waals surface area (Å²) in [4.78, 5) is 0.737. The van der Waals surface area contributed by atoms with E-state index in [9.17, 15) is 16.8 Å². The third kappa shape index (κ3) is 3.57. The third-order valence-corrected chi connectivity index (χ3v) is 5.10. The summed E-state index contributed by atoms with van der Waals surface area (Å²) in [6.45, 7) is 0. The Morgan fingerprint density at radius 1 is 1.25 bits per heavy atom. The van der Waals surface area contributed by atoms with Gasteiger partial charge in [-0.15, -0.1) is 0 Å². The standard InChI is InChI=1S/C7H5BrN2O7S2.ClH/c1-17-6-3(10-9)2-4(18(11,12)13)5(8)7(6)19(14,15)16;/h2H,1H3,(H-,11,12,13,14,15,16);1H. The van der Waals surface area contributed by atoms with Crippen molar-refractivity contribution in [3.8, 4) is 5.75 Å². The van der Waals surface area contributed by atoms with Crippen LogP contribution in [0.15, 0.2) is 20.3 Å². The van der Waals surface area contributed by atoms with Crippen LogP contribution >= 0.6 is 15.9 Å². The fourth-order valence-electron chi connectivity index (χ4n) is 1.27. The van der Waals surface area contributed by atoms with Crippen molar-refractivity contribution in [3.05, 3.63) is 15.5 Å². The molecule has 0 aliphatic heterocycles. The summed E-state index contributed by atoms with van der Waals surface area (Å²) in [6, 6.07) is 0.660. The molecule has 0 radical (unpaired) electrons. The predicted molar refractivity (Wildman–Crippen MR) is 65.1 cm³/mol. The molecule has 0 aliphatic carbocycles. The number of diazo groups is 1. The van der Waals surface area contributed by atoms with Gasteiger partial charge in [-0.3, -0.25) is 9.11 Å². The first-order valence-electron chi connectivity index (χ1n) is 4.24. The van der Waals surface area contributed by atoms with E-state index in [0.717, 1.165) is 7.11 Å². The van der Waals surface area contributed by atoms with Crippen molar-refractivity contribution < 1.29 is 43.1 Å². The molecule has 0 fully saturated rings. The molecule has 0 heterocycles. The van der Waals surface area contributed by atoms with E-state index in [0.29, 0.717) is 6.07 Å². The fraction of sp³-hybridized carbons (Fsp3) is 0.143. The molecule has 0 amide bonds. The number of methoxy groups -OCH3 is 1. The molecule has 0 saturated carbocycles. The molecule has 1 aromatic rings. The normalized spacial score (nSPS) is 11.3. The lowest BCUT2D eigenvalue weighted by Crippen LogP contribution is -3.00. The summed E-state index contributed by atoms with van der Waals surface area (Å²) in [7, 11) is -8.72. The molecule has 0 unspecified atom stereocenters. The van der Waals surface area contributed by atoms with E-state index < -0.39 is 45.9 Å². The molecular weight excluding hydrogens is 404 g/mol. The first kappa shape index (κ1) is 19.0. The lowest BCUT2D eigenvalue weighted by molar-refractivity contribution is -0.0000127. The van der Waals surface area contributed by atoms with Crippen LogP contribution in [-0.4, -0.2) is 33.1 Å². The van der Waals surface area contributed by atoms with Gasteiger partial charge in [0.15, 0.2) is 9.87 Å². The van der Waals surface area contributed by atoms with Gasteiger partial charge in [-0.1, -0.05) is 0 Å². The predicted octanol–water partition coefficient (Wildman–Crippen LogP) is -1.56. The minimum Gasteiger partial charge on any atom is -1.00 e. The SMILES string of the molecule is COc1c([N+]#N)cc(S(=O)(=O)O)c(Br)c1S(=O)(=O)O.[Cl-]. The Morgan fingerprint density at radius 2 is 1.75 bits per heavy atom. The van der Waals surface area contributed by atoms with Gasteiger partial charge < -0.3 is 17.1 Å². The average molecular weight is 410 g/mol. The lowest BCUT2D eigenvalue weighted by atomic mass is 10.3. The topological polar surface area (TPSA) is 146 Å². The highest BCUT2D eigenvalue weighted by Crippen LogP contribution is 2.43. The van der Waals surface area contributed by atoms with E-state index in [4.69, 9.17) is 14.5 Å². The summed E-state index contributed by atoms with van der Waals surface area (Å²) in [6.07, 6.45) is 0. The van der Waals surface area contributed by atoms with Gasteiger partial charge in [0, 0.05) is 0 Å². The Morgan fingerprint density at radius 3 is 2.05 bits per heavy atom. The van der Waals surface area contributed by atoms with Gasteiger partial charge >= 0.3 is 5.69 Å². The quantitative estimate of drug-likeness (QED) is 0.450. The minimum absolute atomic E-state index is 0. The molecule has 13 heteroatoms. The number of ether oxygens (including phenoxy) is 1. The van der Waals surface area contributed by atoms with Crippen LogP contribution in [-0.2, 0) is 20.2 Å². The summed E-state index contributed by atoms with van der Waals surface area (Å²) in [5, 5.41) is 8.70. The molecule has 112 valence electrons. The van der Waals surface area contributed by atoms with Crippen LogP contribution < -0.4 is 17.1 Å².